The van der Waals surface area contributed by atoms with Crippen molar-refractivity contribution in [3.8, 4) is 0 Å². The normalized spacial score (nSPS) is 10.6. The summed E-state index contributed by atoms with van der Waals surface area (Å²) in [6.45, 7) is 4.26. The highest BCUT2D eigenvalue weighted by Crippen LogP contribution is 2.28. The van der Waals surface area contributed by atoms with Crippen LogP contribution in [0.4, 0.5) is 0 Å². The maximum absolute atomic E-state index is 11.2. The van der Waals surface area contributed by atoms with E-state index in [9.17, 15) is 4.79 Å². The number of hydrogen-bond donors (Lipinski definition) is 0. The van der Waals surface area contributed by atoms with E-state index in [1.54, 1.807) is 13.8 Å². The molecular weight excluding hydrogens is 250 g/mol. The van der Waals surface area contributed by atoms with Crippen LogP contribution >= 0.6 is 34.8 Å². The van der Waals surface area contributed by atoms with Gasteiger partial charge in [-0.25, -0.2) is 0 Å². The number of hydrogen-bond acceptors (Lipinski definition) is 3. The zero-order valence-electron chi connectivity index (χ0n) is 7.85. The van der Waals surface area contributed by atoms with Gasteiger partial charge in [-0.1, -0.05) is 34.8 Å². The van der Waals surface area contributed by atoms with E-state index in [4.69, 9.17) is 44.3 Å². The average Bonchev–Trinajstić information content (AvgIpc) is 2.03. The number of halogens is 3. The van der Waals surface area contributed by atoms with Crippen molar-refractivity contribution in [2.24, 2.45) is 0 Å². The summed E-state index contributed by atoms with van der Waals surface area (Å²) in [5.74, 6) is -0.634. The van der Waals surface area contributed by atoms with Crippen molar-refractivity contribution in [1.82, 2.24) is 0 Å². The van der Waals surface area contributed by atoms with E-state index in [1.807, 2.05) is 0 Å². The second-order valence-electron chi connectivity index (χ2n) is 2.19. The van der Waals surface area contributed by atoms with Crippen LogP contribution in [0, 0.1) is 0 Å². The van der Waals surface area contributed by atoms with Crippen molar-refractivity contribution >= 4 is 40.6 Å². The first-order valence-corrected chi connectivity index (χ1v) is 5.13. The van der Waals surface area contributed by atoms with E-state index >= 15 is 0 Å². The van der Waals surface area contributed by atoms with Gasteiger partial charge in [0.15, 0.2) is 0 Å². The number of ether oxygens (including phenoxy) is 2. The highest BCUT2D eigenvalue weighted by atomic mass is 35.6. The molecule has 0 N–H and O–H groups in total. The molecule has 0 saturated carbocycles. The molecule has 0 heterocycles. The number of alkyl halides is 3. The van der Waals surface area contributed by atoms with Gasteiger partial charge < -0.3 is 9.47 Å². The van der Waals surface area contributed by atoms with Crippen LogP contribution in [0.2, 0.25) is 0 Å². The molecule has 82 valence electrons. The van der Waals surface area contributed by atoms with Gasteiger partial charge in [0.2, 0.25) is 5.78 Å². The van der Waals surface area contributed by atoms with Gasteiger partial charge in [-0.2, -0.15) is 0 Å². The molecule has 0 saturated heterocycles. The van der Waals surface area contributed by atoms with Gasteiger partial charge in [-0.05, 0) is 13.8 Å². The molecule has 0 aliphatic heterocycles. The lowest BCUT2D eigenvalue weighted by atomic mass is 10.4. The first-order valence-electron chi connectivity index (χ1n) is 4.00. The third-order valence-electron chi connectivity index (χ3n) is 1.10. The predicted octanol–water partition coefficient (Wildman–Crippen LogP) is 2.84. The van der Waals surface area contributed by atoms with Crippen molar-refractivity contribution in [3.63, 3.8) is 0 Å². The smallest absolute Gasteiger partial charge is 0.282 e. The Labute approximate surface area is 97.9 Å². The summed E-state index contributed by atoms with van der Waals surface area (Å²) in [6, 6.07) is 0. The van der Waals surface area contributed by atoms with E-state index in [-0.39, 0.29) is 5.95 Å². The molecule has 0 bridgehead atoms. The van der Waals surface area contributed by atoms with Gasteiger partial charge in [-0.15, -0.1) is 0 Å². The Balaban J connectivity index is 4.48. The zero-order valence-corrected chi connectivity index (χ0v) is 10.1. The molecule has 0 rings (SSSR count). The van der Waals surface area contributed by atoms with E-state index in [1.165, 1.54) is 0 Å². The van der Waals surface area contributed by atoms with Crippen LogP contribution in [-0.4, -0.2) is 22.8 Å². The lowest BCUT2D eigenvalue weighted by Crippen LogP contribution is -2.17. The van der Waals surface area contributed by atoms with Crippen LogP contribution < -0.4 is 0 Å². The Hall–Kier alpha value is -0.120. The van der Waals surface area contributed by atoms with Gasteiger partial charge in [0, 0.05) is 0 Å². The zero-order chi connectivity index (χ0) is 11.2. The molecular formula is C8H11Cl3O3. The number of rotatable bonds is 5. The summed E-state index contributed by atoms with van der Waals surface area (Å²) in [7, 11) is 0. The number of allylic oxidation sites excluding steroid dienone is 1. The molecule has 0 unspecified atom stereocenters. The average molecular weight is 262 g/mol. The number of carbonyl (C=O) groups is 1. The third-order valence-corrected chi connectivity index (χ3v) is 1.66. The number of ketones is 1. The fourth-order valence-electron chi connectivity index (χ4n) is 0.598. The van der Waals surface area contributed by atoms with Crippen molar-refractivity contribution < 1.29 is 14.3 Å². The molecule has 14 heavy (non-hydrogen) atoms. The predicted molar refractivity (Wildman–Crippen MR) is 56.6 cm³/mol. The molecule has 0 aliphatic carbocycles. The van der Waals surface area contributed by atoms with E-state index in [2.05, 4.69) is 0 Å². The summed E-state index contributed by atoms with van der Waals surface area (Å²) in [5.41, 5.74) is 0. The van der Waals surface area contributed by atoms with E-state index in [0.29, 0.717) is 13.2 Å². The lowest BCUT2D eigenvalue weighted by Gasteiger charge is -2.10. The van der Waals surface area contributed by atoms with Crippen LogP contribution in [0.1, 0.15) is 13.8 Å². The summed E-state index contributed by atoms with van der Waals surface area (Å²) in [4.78, 5) is 11.2. The maximum atomic E-state index is 11.2. The molecule has 0 atom stereocenters. The van der Waals surface area contributed by atoms with E-state index < -0.39 is 9.58 Å². The van der Waals surface area contributed by atoms with Crippen LogP contribution in [0.3, 0.4) is 0 Å². The van der Waals surface area contributed by atoms with Crippen molar-refractivity contribution in [2.45, 2.75) is 17.6 Å². The highest BCUT2D eigenvalue weighted by Gasteiger charge is 2.29. The molecule has 0 aliphatic rings. The Bertz CT molecular complexity index is 212. The van der Waals surface area contributed by atoms with Crippen molar-refractivity contribution in [3.05, 3.63) is 12.0 Å². The fraction of sp³-hybridized carbons (Fsp3) is 0.625. The monoisotopic (exact) mass is 260 g/mol. The van der Waals surface area contributed by atoms with E-state index in [0.717, 1.165) is 6.08 Å². The van der Waals surface area contributed by atoms with Crippen molar-refractivity contribution in [1.29, 1.82) is 0 Å². The minimum atomic E-state index is -1.97. The molecule has 0 fully saturated rings. The minimum absolute atomic E-state index is 0.0614. The second-order valence-corrected chi connectivity index (χ2v) is 4.47. The molecule has 0 radical (unpaired) electrons. The molecule has 0 aromatic carbocycles. The van der Waals surface area contributed by atoms with Gasteiger partial charge in [-0.3, -0.25) is 4.79 Å². The topological polar surface area (TPSA) is 35.5 Å². The lowest BCUT2D eigenvalue weighted by molar-refractivity contribution is -0.114. The summed E-state index contributed by atoms with van der Waals surface area (Å²) >= 11 is 16.1. The SMILES string of the molecule is CCOC(=CC(=O)C(Cl)(Cl)Cl)OCC. The fourth-order valence-corrected chi connectivity index (χ4v) is 0.762. The Kier molecular flexibility index (Phi) is 6.33. The molecule has 0 aromatic rings. The largest absolute Gasteiger partial charge is 0.466 e. The minimum Gasteiger partial charge on any atom is -0.466 e. The highest BCUT2D eigenvalue weighted by molar-refractivity contribution is 6.77. The quantitative estimate of drug-likeness (QED) is 0.434. The van der Waals surface area contributed by atoms with Gasteiger partial charge in [0.25, 0.3) is 9.74 Å². The van der Waals surface area contributed by atoms with Crippen molar-refractivity contribution in [2.75, 3.05) is 13.2 Å². The maximum Gasteiger partial charge on any atom is 0.282 e. The summed E-state index contributed by atoms with van der Waals surface area (Å²) < 4.78 is 8.01. The van der Waals surface area contributed by atoms with Crippen LogP contribution in [0.5, 0.6) is 0 Å². The Morgan fingerprint density at radius 3 is 1.93 bits per heavy atom. The van der Waals surface area contributed by atoms with Gasteiger partial charge in [0.1, 0.15) is 0 Å². The van der Waals surface area contributed by atoms with Crippen LogP contribution in [0.25, 0.3) is 0 Å². The molecule has 0 amide bonds. The molecule has 3 nitrogen and oxygen atoms in total. The Morgan fingerprint density at radius 2 is 1.64 bits per heavy atom. The van der Waals surface area contributed by atoms with Gasteiger partial charge >= 0.3 is 0 Å². The first kappa shape index (κ1) is 13.9. The molecule has 0 spiro atoms. The second kappa shape index (κ2) is 6.38. The molecule has 6 heteroatoms. The Morgan fingerprint density at radius 1 is 1.21 bits per heavy atom. The first-order chi connectivity index (χ1) is 6.41. The van der Waals surface area contributed by atoms with Crippen LogP contribution in [-0.2, 0) is 14.3 Å². The number of carbonyl (C=O) groups excluding carboxylic acids is 1. The molecule has 0 aromatic heterocycles. The van der Waals surface area contributed by atoms with Gasteiger partial charge in [0.05, 0.1) is 19.3 Å². The summed E-state index contributed by atoms with van der Waals surface area (Å²) in [6.07, 6.45) is 1.03. The summed E-state index contributed by atoms with van der Waals surface area (Å²) in [5, 5.41) is 0. The van der Waals surface area contributed by atoms with Crippen LogP contribution in [0.15, 0.2) is 12.0 Å². The third kappa shape index (κ3) is 5.58. The standard InChI is InChI=1S/C8H11Cl3O3/c1-3-13-7(14-4-2)5-6(12)8(9,10)11/h5H,3-4H2,1-2H3.